The van der Waals surface area contributed by atoms with Crippen molar-refractivity contribution in [2.75, 3.05) is 11.2 Å². The van der Waals surface area contributed by atoms with Crippen LogP contribution in [0.2, 0.25) is 0 Å². The molecule has 1 rings (SSSR count). The molecule has 0 unspecified atom stereocenters. The van der Waals surface area contributed by atoms with Crippen molar-refractivity contribution in [3.8, 4) is 0 Å². The first-order valence-electron chi connectivity index (χ1n) is 4.05. The number of amides is 3. The van der Waals surface area contributed by atoms with Gasteiger partial charge in [0, 0.05) is 0 Å². The first-order chi connectivity index (χ1) is 7.13. The molecule has 2 N–H and O–H groups in total. The van der Waals surface area contributed by atoms with E-state index in [0.717, 1.165) is 0 Å². The molecule has 0 saturated heterocycles. The number of carbonyl (C=O) groups excluding carboxylic acids is 2. The quantitative estimate of drug-likeness (QED) is 0.760. The van der Waals surface area contributed by atoms with E-state index in [4.69, 9.17) is 11.6 Å². The Labute approximate surface area is 90.4 Å². The van der Waals surface area contributed by atoms with Gasteiger partial charge in [-0.2, -0.15) is 0 Å². The van der Waals surface area contributed by atoms with Crippen LogP contribution in [-0.4, -0.2) is 17.8 Å². The van der Waals surface area contributed by atoms with Crippen molar-refractivity contribution in [2.24, 2.45) is 0 Å². The highest BCUT2D eigenvalue weighted by Crippen LogP contribution is 2.11. The average molecular weight is 231 g/mol. The number of nitrogens with one attached hydrogen (secondary N) is 2. The normalized spacial score (nSPS) is 9.47. The number of hydrogen-bond acceptors (Lipinski definition) is 2. The molecular formula is C9H8ClFN2O2. The first-order valence-corrected chi connectivity index (χ1v) is 4.58. The number of urea groups is 1. The summed E-state index contributed by atoms with van der Waals surface area (Å²) in [4.78, 5) is 21.8. The van der Waals surface area contributed by atoms with Gasteiger partial charge in [0.1, 0.15) is 11.7 Å². The third-order valence-electron chi connectivity index (χ3n) is 1.50. The summed E-state index contributed by atoms with van der Waals surface area (Å²) >= 11 is 5.16. The summed E-state index contributed by atoms with van der Waals surface area (Å²) in [6, 6.07) is 4.80. The maximum Gasteiger partial charge on any atom is 0.325 e. The second-order valence-electron chi connectivity index (χ2n) is 2.62. The first kappa shape index (κ1) is 11.5. The van der Waals surface area contributed by atoms with Crippen LogP contribution >= 0.6 is 11.6 Å². The molecule has 0 radical (unpaired) electrons. The van der Waals surface area contributed by atoms with E-state index in [1.807, 2.05) is 5.32 Å². The van der Waals surface area contributed by atoms with Crippen LogP contribution in [0.1, 0.15) is 0 Å². The molecule has 0 aliphatic heterocycles. The number of para-hydroxylation sites is 1. The van der Waals surface area contributed by atoms with Crippen LogP contribution in [0.25, 0.3) is 0 Å². The molecule has 0 aliphatic carbocycles. The zero-order valence-corrected chi connectivity index (χ0v) is 8.34. The van der Waals surface area contributed by atoms with Gasteiger partial charge in [-0.05, 0) is 12.1 Å². The topological polar surface area (TPSA) is 58.2 Å². The van der Waals surface area contributed by atoms with E-state index in [2.05, 4.69) is 5.32 Å². The standard InChI is InChI=1S/C9H8ClFN2O2/c10-5-8(14)13-9(15)12-7-4-2-1-3-6(7)11/h1-4H,5H2,(H2,12,13,14,15). The van der Waals surface area contributed by atoms with Crippen molar-refractivity contribution >= 4 is 29.2 Å². The summed E-state index contributed by atoms with van der Waals surface area (Å²) in [5.74, 6) is -1.55. The predicted molar refractivity (Wildman–Crippen MR) is 54.3 cm³/mol. The smallest absolute Gasteiger partial charge is 0.305 e. The van der Waals surface area contributed by atoms with Gasteiger partial charge in [0.05, 0.1) is 5.69 Å². The molecule has 0 saturated carbocycles. The average Bonchev–Trinajstić information content (AvgIpc) is 2.21. The van der Waals surface area contributed by atoms with Gasteiger partial charge < -0.3 is 5.32 Å². The van der Waals surface area contributed by atoms with Gasteiger partial charge in [-0.1, -0.05) is 12.1 Å². The van der Waals surface area contributed by atoms with E-state index in [1.54, 1.807) is 6.07 Å². The van der Waals surface area contributed by atoms with Crippen molar-refractivity contribution < 1.29 is 14.0 Å². The Kier molecular flexibility index (Phi) is 4.05. The maximum absolute atomic E-state index is 13.0. The van der Waals surface area contributed by atoms with Crippen molar-refractivity contribution in [1.82, 2.24) is 5.32 Å². The molecular weight excluding hydrogens is 223 g/mol. The molecule has 80 valence electrons. The molecule has 0 bridgehead atoms. The highest BCUT2D eigenvalue weighted by molar-refractivity contribution is 6.28. The summed E-state index contributed by atoms with van der Waals surface area (Å²) in [6.45, 7) is 0. The zero-order valence-electron chi connectivity index (χ0n) is 7.59. The lowest BCUT2D eigenvalue weighted by Crippen LogP contribution is -2.35. The number of halogens is 2. The van der Waals surface area contributed by atoms with Crippen LogP contribution in [0.5, 0.6) is 0 Å². The fourth-order valence-corrected chi connectivity index (χ4v) is 0.943. The van der Waals surface area contributed by atoms with Gasteiger partial charge in [-0.25, -0.2) is 9.18 Å². The maximum atomic E-state index is 13.0. The highest BCUT2D eigenvalue weighted by atomic mass is 35.5. The minimum atomic E-state index is -0.814. The largest absolute Gasteiger partial charge is 0.325 e. The van der Waals surface area contributed by atoms with Gasteiger partial charge >= 0.3 is 6.03 Å². The summed E-state index contributed by atoms with van der Waals surface area (Å²) in [7, 11) is 0. The zero-order chi connectivity index (χ0) is 11.3. The third-order valence-corrected chi connectivity index (χ3v) is 1.74. The molecule has 0 aliphatic rings. The number of imide groups is 1. The second kappa shape index (κ2) is 5.31. The number of carbonyl (C=O) groups is 2. The van der Waals surface area contributed by atoms with Crippen molar-refractivity contribution in [2.45, 2.75) is 0 Å². The van der Waals surface area contributed by atoms with Crippen LogP contribution < -0.4 is 10.6 Å². The van der Waals surface area contributed by atoms with Crippen LogP contribution in [0.3, 0.4) is 0 Å². The number of alkyl halides is 1. The summed E-state index contributed by atoms with van der Waals surface area (Å²) in [5.41, 5.74) is -0.00243. The lowest BCUT2D eigenvalue weighted by atomic mass is 10.3. The van der Waals surface area contributed by atoms with Crippen LogP contribution in [-0.2, 0) is 4.79 Å². The van der Waals surface area contributed by atoms with Crippen LogP contribution in [0.4, 0.5) is 14.9 Å². The Balaban J connectivity index is 2.59. The van der Waals surface area contributed by atoms with Gasteiger partial charge in [-0.15, -0.1) is 11.6 Å². The molecule has 0 heterocycles. The van der Waals surface area contributed by atoms with Crippen LogP contribution in [0.15, 0.2) is 24.3 Å². The lowest BCUT2D eigenvalue weighted by Gasteiger charge is -2.05. The number of anilines is 1. The van der Waals surface area contributed by atoms with E-state index >= 15 is 0 Å². The molecule has 6 heteroatoms. The van der Waals surface area contributed by atoms with E-state index < -0.39 is 17.8 Å². The summed E-state index contributed by atoms with van der Waals surface area (Å²) < 4.78 is 13.0. The van der Waals surface area contributed by atoms with Crippen molar-refractivity contribution in [1.29, 1.82) is 0 Å². The predicted octanol–water partition coefficient (Wildman–Crippen LogP) is 1.71. The Morgan fingerprint density at radius 3 is 2.60 bits per heavy atom. The SMILES string of the molecule is O=C(CCl)NC(=O)Nc1ccccc1F. The fourth-order valence-electron chi connectivity index (χ4n) is 0.876. The minimum Gasteiger partial charge on any atom is -0.305 e. The van der Waals surface area contributed by atoms with E-state index in [1.165, 1.54) is 18.2 Å². The fraction of sp³-hybridized carbons (Fsp3) is 0.111. The third kappa shape index (κ3) is 3.55. The molecule has 1 aromatic rings. The molecule has 0 spiro atoms. The molecule has 3 amide bonds. The Bertz CT molecular complexity index is 384. The van der Waals surface area contributed by atoms with E-state index in [9.17, 15) is 14.0 Å². The number of benzene rings is 1. The molecule has 4 nitrogen and oxygen atoms in total. The molecule has 1 aromatic carbocycles. The van der Waals surface area contributed by atoms with Gasteiger partial charge in [0.25, 0.3) is 0 Å². The van der Waals surface area contributed by atoms with Crippen LogP contribution in [0, 0.1) is 5.82 Å². The van der Waals surface area contributed by atoms with Gasteiger partial charge in [0.2, 0.25) is 5.91 Å². The monoisotopic (exact) mass is 230 g/mol. The molecule has 15 heavy (non-hydrogen) atoms. The highest BCUT2D eigenvalue weighted by Gasteiger charge is 2.08. The Hall–Kier alpha value is -1.62. The summed E-state index contributed by atoms with van der Waals surface area (Å²) in [5, 5.41) is 4.09. The Morgan fingerprint density at radius 1 is 1.33 bits per heavy atom. The number of rotatable bonds is 2. The van der Waals surface area contributed by atoms with Gasteiger partial charge in [0.15, 0.2) is 0 Å². The Morgan fingerprint density at radius 2 is 2.00 bits per heavy atom. The minimum absolute atomic E-state index is 0.00243. The van der Waals surface area contributed by atoms with Crippen molar-refractivity contribution in [3.05, 3.63) is 30.1 Å². The number of hydrogen-bond donors (Lipinski definition) is 2. The van der Waals surface area contributed by atoms with Gasteiger partial charge in [-0.3, -0.25) is 10.1 Å². The second-order valence-corrected chi connectivity index (χ2v) is 2.88. The van der Waals surface area contributed by atoms with E-state index in [-0.39, 0.29) is 11.6 Å². The lowest BCUT2D eigenvalue weighted by molar-refractivity contribution is -0.117. The summed E-state index contributed by atoms with van der Waals surface area (Å²) in [6.07, 6.45) is 0. The molecule has 0 aromatic heterocycles. The molecule has 0 atom stereocenters. The molecule has 0 fully saturated rings. The van der Waals surface area contributed by atoms with Crippen molar-refractivity contribution in [3.63, 3.8) is 0 Å². The van der Waals surface area contributed by atoms with E-state index in [0.29, 0.717) is 0 Å².